The van der Waals surface area contributed by atoms with Crippen LogP contribution in [0, 0.1) is 0 Å². The Morgan fingerprint density at radius 2 is 1.71 bits per heavy atom. The molecule has 3 aromatic carbocycles. The first-order chi connectivity index (χ1) is 16.2. The average Bonchev–Trinajstić information content (AvgIpc) is 3.15. The van der Waals surface area contributed by atoms with E-state index in [0.29, 0.717) is 31.4 Å². The van der Waals surface area contributed by atoms with Crippen LogP contribution in [-0.4, -0.2) is 24.9 Å². The Labute approximate surface area is 217 Å². The lowest BCUT2D eigenvalue weighted by atomic mass is 10.1. The van der Waals surface area contributed by atoms with Gasteiger partial charge < -0.3 is 14.2 Å². The molecule has 0 fully saturated rings. The van der Waals surface area contributed by atoms with Crippen LogP contribution in [0.4, 0.5) is 0 Å². The SMILES string of the molecule is COc1ccc(Cl)cc1C1=N/C(=C\c2cc(Br)ccc2OC(=O)c2ccc(Cl)cc2Cl)C(=O)O1. The van der Waals surface area contributed by atoms with Crippen molar-refractivity contribution < 1.29 is 23.8 Å². The van der Waals surface area contributed by atoms with Crippen molar-refractivity contribution in [2.75, 3.05) is 7.11 Å². The zero-order valence-electron chi connectivity index (χ0n) is 17.3. The second-order valence-electron chi connectivity index (χ2n) is 6.88. The first-order valence-electron chi connectivity index (χ1n) is 9.58. The number of aliphatic imine (C=N–C) groups is 1. The lowest BCUT2D eigenvalue weighted by Crippen LogP contribution is -2.10. The lowest BCUT2D eigenvalue weighted by Gasteiger charge is -2.09. The predicted molar refractivity (Wildman–Crippen MR) is 134 cm³/mol. The van der Waals surface area contributed by atoms with E-state index in [1.165, 1.54) is 31.4 Å². The van der Waals surface area contributed by atoms with E-state index in [1.807, 2.05) is 0 Å². The molecule has 0 radical (unpaired) electrons. The minimum atomic E-state index is -0.689. The van der Waals surface area contributed by atoms with E-state index in [4.69, 9.17) is 49.0 Å². The summed E-state index contributed by atoms with van der Waals surface area (Å²) in [6.45, 7) is 0. The Kier molecular flexibility index (Phi) is 7.28. The number of benzene rings is 3. The van der Waals surface area contributed by atoms with Crippen LogP contribution in [0.1, 0.15) is 21.5 Å². The Morgan fingerprint density at radius 3 is 2.44 bits per heavy atom. The normalized spacial score (nSPS) is 14.1. The van der Waals surface area contributed by atoms with Crippen molar-refractivity contribution in [1.82, 2.24) is 0 Å². The fraction of sp³-hybridized carbons (Fsp3) is 0.0417. The number of rotatable bonds is 5. The molecule has 0 saturated carbocycles. The van der Waals surface area contributed by atoms with E-state index in [1.54, 1.807) is 36.4 Å². The fourth-order valence-electron chi connectivity index (χ4n) is 3.05. The topological polar surface area (TPSA) is 74.2 Å². The maximum absolute atomic E-state index is 12.7. The summed E-state index contributed by atoms with van der Waals surface area (Å²) < 4.78 is 16.9. The second-order valence-corrected chi connectivity index (χ2v) is 9.07. The van der Waals surface area contributed by atoms with E-state index in [0.717, 1.165) is 0 Å². The molecular formula is C24H13BrCl3NO5. The quantitative estimate of drug-likeness (QED) is 0.185. The van der Waals surface area contributed by atoms with Crippen LogP contribution < -0.4 is 9.47 Å². The number of cyclic esters (lactones) is 1. The molecule has 1 heterocycles. The maximum atomic E-state index is 12.7. The van der Waals surface area contributed by atoms with Gasteiger partial charge in [-0.2, -0.15) is 0 Å². The number of carbonyl (C=O) groups is 2. The standard InChI is InChI=1S/C24H13BrCl3NO5/c1-32-21-7-4-14(26)10-17(21)22-29-19(24(31)34-22)9-12-8-13(25)2-6-20(12)33-23(30)16-5-3-15(27)11-18(16)28/h2-11H,1H3/b19-9-. The summed E-state index contributed by atoms with van der Waals surface area (Å²) in [5.74, 6) is -0.713. The van der Waals surface area contributed by atoms with Crippen molar-refractivity contribution in [2.24, 2.45) is 4.99 Å². The van der Waals surface area contributed by atoms with Crippen LogP contribution in [0.5, 0.6) is 11.5 Å². The smallest absolute Gasteiger partial charge is 0.363 e. The maximum Gasteiger partial charge on any atom is 0.363 e. The molecule has 3 aromatic rings. The van der Waals surface area contributed by atoms with Crippen molar-refractivity contribution in [2.45, 2.75) is 0 Å². The number of hydrogen-bond acceptors (Lipinski definition) is 6. The monoisotopic (exact) mass is 579 g/mol. The number of carbonyl (C=O) groups excluding carboxylic acids is 2. The molecule has 10 heteroatoms. The van der Waals surface area contributed by atoms with Gasteiger partial charge in [-0.05, 0) is 60.7 Å². The highest BCUT2D eigenvalue weighted by atomic mass is 79.9. The Hall–Kier alpha value is -2.84. The molecule has 0 unspecified atom stereocenters. The van der Waals surface area contributed by atoms with Gasteiger partial charge in [-0.15, -0.1) is 0 Å². The van der Waals surface area contributed by atoms with Gasteiger partial charge >= 0.3 is 11.9 Å². The van der Waals surface area contributed by atoms with Crippen LogP contribution in [0.25, 0.3) is 6.08 Å². The molecule has 1 aliphatic heterocycles. The largest absolute Gasteiger partial charge is 0.496 e. The third kappa shape index (κ3) is 5.28. The molecule has 0 N–H and O–H groups in total. The van der Waals surface area contributed by atoms with Crippen molar-refractivity contribution in [1.29, 1.82) is 0 Å². The number of nitrogens with zero attached hydrogens (tertiary/aromatic N) is 1. The van der Waals surface area contributed by atoms with Crippen molar-refractivity contribution in [3.63, 3.8) is 0 Å². The van der Waals surface area contributed by atoms with Gasteiger partial charge in [0, 0.05) is 20.1 Å². The highest BCUT2D eigenvalue weighted by molar-refractivity contribution is 9.10. The molecule has 4 rings (SSSR count). The molecule has 0 aromatic heterocycles. The molecule has 1 aliphatic rings. The second kappa shape index (κ2) is 10.2. The predicted octanol–water partition coefficient (Wildman–Crippen LogP) is 6.98. The zero-order valence-corrected chi connectivity index (χ0v) is 21.1. The van der Waals surface area contributed by atoms with E-state index in [-0.39, 0.29) is 27.9 Å². The van der Waals surface area contributed by atoms with E-state index in [9.17, 15) is 9.59 Å². The zero-order chi connectivity index (χ0) is 24.4. The molecule has 0 spiro atoms. The van der Waals surface area contributed by atoms with E-state index < -0.39 is 11.9 Å². The van der Waals surface area contributed by atoms with Gasteiger partial charge in [-0.25, -0.2) is 14.6 Å². The van der Waals surface area contributed by atoms with E-state index in [2.05, 4.69) is 20.9 Å². The van der Waals surface area contributed by atoms with Gasteiger partial charge in [-0.3, -0.25) is 0 Å². The number of esters is 2. The van der Waals surface area contributed by atoms with Crippen molar-refractivity contribution >= 4 is 74.6 Å². The van der Waals surface area contributed by atoms with Crippen molar-refractivity contribution in [3.05, 3.63) is 96.5 Å². The van der Waals surface area contributed by atoms with Gasteiger partial charge in [0.1, 0.15) is 11.5 Å². The average molecular weight is 582 g/mol. The highest BCUT2D eigenvalue weighted by Gasteiger charge is 2.27. The molecule has 6 nitrogen and oxygen atoms in total. The summed E-state index contributed by atoms with van der Waals surface area (Å²) in [6, 6.07) is 14.2. The third-order valence-electron chi connectivity index (χ3n) is 4.63. The first-order valence-corrected chi connectivity index (χ1v) is 11.5. The molecule has 0 atom stereocenters. The van der Waals surface area contributed by atoms with Crippen molar-refractivity contribution in [3.8, 4) is 11.5 Å². The summed E-state index contributed by atoms with van der Waals surface area (Å²) in [4.78, 5) is 29.5. The molecule has 0 saturated heterocycles. The number of ether oxygens (including phenoxy) is 3. The number of hydrogen-bond donors (Lipinski definition) is 0. The summed E-state index contributed by atoms with van der Waals surface area (Å²) >= 11 is 21.5. The van der Waals surface area contributed by atoms with Gasteiger partial charge in [0.15, 0.2) is 5.70 Å². The summed E-state index contributed by atoms with van der Waals surface area (Å²) in [5, 5.41) is 0.966. The molecule has 0 aliphatic carbocycles. The Balaban J connectivity index is 1.69. The van der Waals surface area contributed by atoms with Crippen LogP contribution in [-0.2, 0) is 9.53 Å². The molecule has 34 heavy (non-hydrogen) atoms. The summed E-state index contributed by atoms with van der Waals surface area (Å²) in [5.41, 5.74) is 0.964. The molecule has 0 bridgehead atoms. The number of methoxy groups -OCH3 is 1. The first kappa shape index (κ1) is 24.3. The van der Waals surface area contributed by atoms with Crippen LogP contribution in [0.15, 0.2) is 69.8 Å². The molecular weight excluding hydrogens is 569 g/mol. The number of halogens is 4. The Bertz CT molecular complexity index is 1390. The van der Waals surface area contributed by atoms with Gasteiger partial charge in [-0.1, -0.05) is 50.7 Å². The highest BCUT2D eigenvalue weighted by Crippen LogP contribution is 2.31. The van der Waals surface area contributed by atoms with Gasteiger partial charge in [0.25, 0.3) is 0 Å². The Morgan fingerprint density at radius 1 is 1.00 bits per heavy atom. The minimum Gasteiger partial charge on any atom is -0.496 e. The van der Waals surface area contributed by atoms with E-state index >= 15 is 0 Å². The van der Waals surface area contributed by atoms with Gasteiger partial charge in [0.2, 0.25) is 5.90 Å². The summed E-state index contributed by atoms with van der Waals surface area (Å²) in [6.07, 6.45) is 1.45. The fourth-order valence-corrected chi connectivity index (χ4v) is 4.09. The third-order valence-corrected chi connectivity index (χ3v) is 5.91. The molecule has 172 valence electrons. The molecule has 0 amide bonds. The van der Waals surface area contributed by atoms with Crippen LogP contribution in [0.3, 0.4) is 0 Å². The lowest BCUT2D eigenvalue weighted by molar-refractivity contribution is -0.129. The minimum absolute atomic E-state index is 0.00282. The van der Waals surface area contributed by atoms with Gasteiger partial charge in [0.05, 0.1) is 23.3 Å². The summed E-state index contributed by atoms with van der Waals surface area (Å²) in [7, 11) is 1.48. The van der Waals surface area contributed by atoms with Crippen LogP contribution >= 0.6 is 50.7 Å². The van der Waals surface area contributed by atoms with Crippen LogP contribution in [0.2, 0.25) is 15.1 Å².